The van der Waals surface area contributed by atoms with Crippen molar-refractivity contribution in [3.63, 3.8) is 0 Å². The molecule has 1 saturated carbocycles. The van der Waals surface area contributed by atoms with Crippen LogP contribution in [-0.4, -0.2) is 21.7 Å². The van der Waals surface area contributed by atoms with E-state index in [1.807, 2.05) is 6.92 Å². The van der Waals surface area contributed by atoms with Gasteiger partial charge in [-0.2, -0.15) is 0 Å². The molecule has 0 amide bonds. The number of aryl methyl sites for hydroxylation is 1. The van der Waals surface area contributed by atoms with Crippen LogP contribution < -0.4 is 11.2 Å². The minimum absolute atomic E-state index is 0.0560. The Balaban J connectivity index is 1.69. The molecule has 0 radical (unpaired) electrons. The number of rotatable bonds is 3. The van der Waals surface area contributed by atoms with E-state index in [9.17, 15) is 14.7 Å². The third-order valence-electron chi connectivity index (χ3n) is 6.50. The van der Waals surface area contributed by atoms with Gasteiger partial charge in [0.15, 0.2) is 0 Å². The molecule has 2 aromatic heterocycles. The van der Waals surface area contributed by atoms with E-state index < -0.39 is 17.2 Å². The van der Waals surface area contributed by atoms with Crippen LogP contribution >= 0.6 is 11.3 Å². The number of H-pyrrole nitrogens is 2. The zero-order valence-electron chi connectivity index (χ0n) is 15.7. The van der Waals surface area contributed by atoms with Gasteiger partial charge in [0.05, 0.1) is 11.5 Å². The molecular formula is C21H23FN2O3S. The summed E-state index contributed by atoms with van der Waals surface area (Å²) in [7, 11) is 0. The fourth-order valence-electron chi connectivity index (χ4n) is 4.94. The van der Waals surface area contributed by atoms with Crippen molar-refractivity contribution in [3.05, 3.63) is 59.3 Å². The highest BCUT2D eigenvalue weighted by Crippen LogP contribution is 2.55. The molecule has 0 bridgehead atoms. The summed E-state index contributed by atoms with van der Waals surface area (Å²) in [6.45, 7) is 1.99. The number of fused-ring (bicyclic) bond motifs is 2. The van der Waals surface area contributed by atoms with Crippen LogP contribution in [-0.2, 0) is 6.42 Å². The zero-order chi connectivity index (χ0) is 19.6. The van der Waals surface area contributed by atoms with Gasteiger partial charge in [0.25, 0.3) is 5.56 Å². The second-order valence-corrected chi connectivity index (χ2v) is 9.47. The Morgan fingerprint density at radius 2 is 2.04 bits per heavy atom. The summed E-state index contributed by atoms with van der Waals surface area (Å²) in [4.78, 5) is 31.6. The first-order valence-corrected chi connectivity index (χ1v) is 10.8. The smallest absolute Gasteiger partial charge is 0.325 e. The summed E-state index contributed by atoms with van der Waals surface area (Å²) in [6.07, 6.45) is 4.70. The first-order chi connectivity index (χ1) is 13.5. The Kier molecular flexibility index (Phi) is 4.21. The van der Waals surface area contributed by atoms with Crippen LogP contribution in [0.2, 0.25) is 0 Å². The molecule has 2 aromatic rings. The second kappa shape index (κ2) is 6.52. The molecule has 3 N–H and O–H groups in total. The van der Waals surface area contributed by atoms with Gasteiger partial charge in [0.2, 0.25) is 0 Å². The van der Waals surface area contributed by atoms with Gasteiger partial charge in [0.1, 0.15) is 5.83 Å². The molecule has 148 valence electrons. The first kappa shape index (κ1) is 18.1. The van der Waals surface area contributed by atoms with E-state index in [1.165, 1.54) is 4.88 Å². The van der Waals surface area contributed by atoms with Gasteiger partial charge < -0.3 is 10.1 Å². The number of aliphatic hydroxyl groups is 1. The summed E-state index contributed by atoms with van der Waals surface area (Å²) in [5.41, 5.74) is 1.47. The maximum absolute atomic E-state index is 15.8. The molecule has 3 unspecified atom stereocenters. The number of nitrogens with one attached hydrogen (secondary N) is 2. The van der Waals surface area contributed by atoms with E-state index in [0.29, 0.717) is 16.8 Å². The minimum atomic E-state index is -0.544. The van der Waals surface area contributed by atoms with Gasteiger partial charge in [-0.25, -0.2) is 9.18 Å². The van der Waals surface area contributed by atoms with Crippen LogP contribution in [0.3, 0.4) is 0 Å². The number of aromatic nitrogens is 2. The fraction of sp³-hybridized carbons (Fsp3) is 0.524. The van der Waals surface area contributed by atoms with E-state index in [2.05, 4.69) is 16.0 Å². The number of aliphatic hydroxyl groups excluding tert-OH is 1. The first-order valence-electron chi connectivity index (χ1n) is 9.99. The van der Waals surface area contributed by atoms with Gasteiger partial charge in [-0.3, -0.25) is 9.78 Å². The Morgan fingerprint density at radius 1 is 1.25 bits per heavy atom. The highest BCUT2D eigenvalue weighted by molar-refractivity contribution is 7.12. The Labute approximate surface area is 165 Å². The van der Waals surface area contributed by atoms with Gasteiger partial charge in [-0.15, -0.1) is 11.3 Å². The molecule has 0 saturated heterocycles. The lowest BCUT2D eigenvalue weighted by molar-refractivity contribution is 0.253. The Bertz CT molecular complexity index is 1090. The lowest BCUT2D eigenvalue weighted by Gasteiger charge is -2.30. The lowest BCUT2D eigenvalue weighted by atomic mass is 9.77. The number of halogens is 1. The average Bonchev–Trinajstić information content (AvgIpc) is 3.40. The maximum Gasteiger partial charge on any atom is 0.325 e. The number of aromatic amines is 2. The molecule has 1 fully saturated rings. The molecule has 3 aliphatic rings. The summed E-state index contributed by atoms with van der Waals surface area (Å²) >= 11 is 1.62. The summed E-state index contributed by atoms with van der Waals surface area (Å²) in [5, 5.41) is 9.72. The van der Waals surface area contributed by atoms with Crippen molar-refractivity contribution >= 4 is 16.9 Å². The average molecular weight is 402 g/mol. The molecule has 5 nitrogen and oxygen atoms in total. The molecule has 0 aliphatic heterocycles. The van der Waals surface area contributed by atoms with Gasteiger partial charge in [-0.05, 0) is 49.7 Å². The van der Waals surface area contributed by atoms with Crippen LogP contribution in [0, 0.1) is 5.92 Å². The molecular weight excluding hydrogens is 379 g/mol. The van der Waals surface area contributed by atoms with Crippen molar-refractivity contribution in [2.75, 3.05) is 6.61 Å². The highest BCUT2D eigenvalue weighted by atomic mass is 32.1. The lowest BCUT2D eigenvalue weighted by Crippen LogP contribution is -2.32. The van der Waals surface area contributed by atoms with E-state index in [4.69, 9.17) is 0 Å². The van der Waals surface area contributed by atoms with Crippen LogP contribution in [0.5, 0.6) is 0 Å². The number of thiophene rings is 1. The van der Waals surface area contributed by atoms with E-state index in [-0.39, 0.29) is 30.2 Å². The quantitative estimate of drug-likeness (QED) is 0.734. The number of allylic oxidation sites excluding steroid dienone is 2. The topological polar surface area (TPSA) is 86.0 Å². The summed E-state index contributed by atoms with van der Waals surface area (Å²) in [5.74, 6) is -0.868. The Hall–Kier alpha value is -1.99. The summed E-state index contributed by atoms with van der Waals surface area (Å²) < 4.78 is 15.8. The third-order valence-corrected chi connectivity index (χ3v) is 7.79. The van der Waals surface area contributed by atoms with Crippen LogP contribution in [0.1, 0.15) is 76.9 Å². The predicted octanol–water partition coefficient (Wildman–Crippen LogP) is 3.53. The van der Waals surface area contributed by atoms with Crippen molar-refractivity contribution in [1.29, 1.82) is 0 Å². The molecule has 0 spiro atoms. The van der Waals surface area contributed by atoms with Crippen molar-refractivity contribution in [3.8, 4) is 0 Å². The van der Waals surface area contributed by atoms with Crippen molar-refractivity contribution < 1.29 is 9.50 Å². The molecule has 5 rings (SSSR count). The standard InChI is InChI=1S/C21H23FN2O3S/c1-9-15(14-7-12-11(8-25)3-2-4-13(12)28-14)18(22)16(10-5-6-10)17-19(9)23-21(27)24-20(17)26/h7,9-11,15,25H,2-6,8H2,1H3,(H2,23,24,26,27). The van der Waals surface area contributed by atoms with Crippen molar-refractivity contribution in [1.82, 2.24) is 9.97 Å². The zero-order valence-corrected chi connectivity index (χ0v) is 16.5. The van der Waals surface area contributed by atoms with Crippen molar-refractivity contribution in [2.45, 2.75) is 56.8 Å². The molecule has 3 aliphatic carbocycles. The third kappa shape index (κ3) is 2.67. The highest BCUT2D eigenvalue weighted by Gasteiger charge is 2.43. The predicted molar refractivity (Wildman–Crippen MR) is 107 cm³/mol. The molecule has 3 atom stereocenters. The van der Waals surface area contributed by atoms with Crippen LogP contribution in [0.15, 0.2) is 21.5 Å². The van der Waals surface area contributed by atoms with E-state index in [0.717, 1.165) is 42.5 Å². The van der Waals surface area contributed by atoms with Gasteiger partial charge in [-0.1, -0.05) is 6.92 Å². The van der Waals surface area contributed by atoms with E-state index >= 15 is 4.39 Å². The monoisotopic (exact) mass is 402 g/mol. The normalized spacial score (nSPS) is 26.9. The van der Waals surface area contributed by atoms with Crippen LogP contribution in [0.25, 0.3) is 5.57 Å². The SMILES string of the molecule is CC1c2[nH]c(=O)[nH]c(=O)c2C(C2CC2)=C(F)C1c1cc2c(s1)CCCC2CO. The van der Waals surface area contributed by atoms with Crippen LogP contribution in [0.4, 0.5) is 4.39 Å². The van der Waals surface area contributed by atoms with E-state index in [1.54, 1.807) is 11.3 Å². The number of hydrogen-bond acceptors (Lipinski definition) is 4. The molecule has 28 heavy (non-hydrogen) atoms. The van der Waals surface area contributed by atoms with Crippen molar-refractivity contribution in [2.24, 2.45) is 5.92 Å². The minimum Gasteiger partial charge on any atom is -0.396 e. The Morgan fingerprint density at radius 3 is 2.75 bits per heavy atom. The molecule has 0 aromatic carbocycles. The molecule has 7 heteroatoms. The number of hydrogen-bond donors (Lipinski definition) is 3. The molecule has 2 heterocycles. The van der Waals surface area contributed by atoms with Gasteiger partial charge >= 0.3 is 5.69 Å². The fourth-order valence-corrected chi connectivity index (χ4v) is 6.44. The van der Waals surface area contributed by atoms with Gasteiger partial charge in [0, 0.05) is 39.5 Å². The maximum atomic E-state index is 15.8. The second-order valence-electron chi connectivity index (χ2n) is 8.30. The largest absolute Gasteiger partial charge is 0.396 e. The summed E-state index contributed by atoms with van der Waals surface area (Å²) in [6, 6.07) is 2.06.